The monoisotopic (exact) mass is 278 g/mol. The van der Waals surface area contributed by atoms with Gasteiger partial charge in [0.2, 0.25) is 0 Å². The van der Waals surface area contributed by atoms with Crippen molar-refractivity contribution in [1.29, 1.82) is 5.26 Å². The van der Waals surface area contributed by atoms with E-state index in [9.17, 15) is 4.79 Å². The summed E-state index contributed by atoms with van der Waals surface area (Å²) in [7, 11) is 0. The maximum Gasteiger partial charge on any atom is 0.258 e. The maximum atomic E-state index is 12.7. The maximum absolute atomic E-state index is 12.7. The fourth-order valence-corrected chi connectivity index (χ4v) is 2.30. The summed E-state index contributed by atoms with van der Waals surface area (Å²) >= 11 is 0. The SMILES string of the molecule is CCN(C(=O)c1ccc(CC#N)cc1)c1ccccc1C. The summed E-state index contributed by atoms with van der Waals surface area (Å²) in [6.07, 6.45) is 0.365. The predicted octanol–water partition coefficient (Wildman–Crippen LogP) is 3.73. The molecule has 0 aromatic heterocycles. The lowest BCUT2D eigenvalue weighted by Gasteiger charge is -2.23. The molecule has 0 N–H and O–H groups in total. The molecule has 0 fully saturated rings. The van der Waals surface area contributed by atoms with Crippen molar-refractivity contribution in [3.8, 4) is 6.07 Å². The third-order valence-electron chi connectivity index (χ3n) is 3.45. The minimum atomic E-state index is -0.0182. The van der Waals surface area contributed by atoms with Crippen LogP contribution >= 0.6 is 0 Å². The van der Waals surface area contributed by atoms with Gasteiger partial charge >= 0.3 is 0 Å². The number of carbonyl (C=O) groups excluding carboxylic acids is 1. The van der Waals surface area contributed by atoms with Crippen LogP contribution in [0, 0.1) is 18.3 Å². The van der Waals surface area contributed by atoms with Gasteiger partial charge < -0.3 is 4.90 Å². The fourth-order valence-electron chi connectivity index (χ4n) is 2.30. The second kappa shape index (κ2) is 6.71. The van der Waals surface area contributed by atoms with Gasteiger partial charge in [0.25, 0.3) is 5.91 Å². The Balaban J connectivity index is 2.29. The van der Waals surface area contributed by atoms with Gasteiger partial charge in [0, 0.05) is 17.8 Å². The van der Waals surface area contributed by atoms with Crippen molar-refractivity contribution in [2.24, 2.45) is 0 Å². The van der Waals surface area contributed by atoms with E-state index >= 15 is 0 Å². The van der Waals surface area contributed by atoms with Crippen LogP contribution < -0.4 is 4.90 Å². The largest absolute Gasteiger partial charge is 0.308 e. The van der Waals surface area contributed by atoms with E-state index in [-0.39, 0.29) is 5.91 Å². The zero-order valence-corrected chi connectivity index (χ0v) is 12.3. The normalized spacial score (nSPS) is 9.95. The molecule has 0 bridgehead atoms. The Kier molecular flexibility index (Phi) is 4.73. The average molecular weight is 278 g/mol. The first-order chi connectivity index (χ1) is 10.2. The van der Waals surface area contributed by atoms with Gasteiger partial charge in [-0.3, -0.25) is 4.79 Å². The third kappa shape index (κ3) is 3.29. The molecule has 106 valence electrons. The Morgan fingerprint density at radius 2 is 1.81 bits per heavy atom. The molecule has 2 aromatic carbocycles. The van der Waals surface area contributed by atoms with Crippen molar-refractivity contribution in [2.75, 3.05) is 11.4 Å². The zero-order valence-electron chi connectivity index (χ0n) is 12.3. The molecule has 3 nitrogen and oxygen atoms in total. The Hall–Kier alpha value is -2.60. The minimum Gasteiger partial charge on any atom is -0.308 e. The minimum absolute atomic E-state index is 0.0182. The molecule has 21 heavy (non-hydrogen) atoms. The highest BCUT2D eigenvalue weighted by atomic mass is 16.2. The highest BCUT2D eigenvalue weighted by Gasteiger charge is 2.17. The van der Waals surface area contributed by atoms with Gasteiger partial charge in [-0.1, -0.05) is 30.3 Å². The first kappa shape index (κ1) is 14.8. The number of nitriles is 1. The number of hydrogen-bond acceptors (Lipinski definition) is 2. The number of anilines is 1. The van der Waals surface area contributed by atoms with E-state index < -0.39 is 0 Å². The summed E-state index contributed by atoms with van der Waals surface area (Å²) in [5.41, 5.74) is 3.58. The van der Waals surface area contributed by atoms with Crippen LogP contribution in [-0.2, 0) is 6.42 Å². The average Bonchev–Trinajstić information content (AvgIpc) is 2.51. The summed E-state index contributed by atoms with van der Waals surface area (Å²) in [5.74, 6) is -0.0182. The molecule has 0 spiro atoms. The molecule has 0 aliphatic carbocycles. The Morgan fingerprint density at radius 3 is 2.38 bits per heavy atom. The van der Waals surface area contributed by atoms with Crippen LogP contribution in [0.1, 0.15) is 28.4 Å². The van der Waals surface area contributed by atoms with E-state index in [2.05, 4.69) is 6.07 Å². The van der Waals surface area contributed by atoms with E-state index in [1.807, 2.05) is 50.2 Å². The Bertz CT molecular complexity index is 668. The lowest BCUT2D eigenvalue weighted by molar-refractivity contribution is 0.0988. The second-order valence-corrected chi connectivity index (χ2v) is 4.87. The number of para-hydroxylation sites is 1. The van der Waals surface area contributed by atoms with E-state index in [4.69, 9.17) is 5.26 Å². The van der Waals surface area contributed by atoms with Crippen molar-refractivity contribution < 1.29 is 4.79 Å². The number of carbonyl (C=O) groups is 1. The smallest absolute Gasteiger partial charge is 0.258 e. The lowest BCUT2D eigenvalue weighted by atomic mass is 10.1. The summed E-state index contributed by atoms with van der Waals surface area (Å²) in [6, 6.07) is 17.2. The molecule has 1 amide bonds. The second-order valence-electron chi connectivity index (χ2n) is 4.87. The number of aryl methyl sites for hydroxylation is 1. The van der Waals surface area contributed by atoms with E-state index in [0.717, 1.165) is 16.8 Å². The molecule has 0 saturated heterocycles. The summed E-state index contributed by atoms with van der Waals surface area (Å²) in [6.45, 7) is 4.58. The van der Waals surface area contributed by atoms with Crippen LogP contribution in [0.25, 0.3) is 0 Å². The van der Waals surface area contributed by atoms with Crippen LogP contribution in [0.2, 0.25) is 0 Å². The summed E-state index contributed by atoms with van der Waals surface area (Å²) < 4.78 is 0. The van der Waals surface area contributed by atoms with E-state index in [0.29, 0.717) is 18.5 Å². The van der Waals surface area contributed by atoms with Gasteiger partial charge in [0.05, 0.1) is 12.5 Å². The van der Waals surface area contributed by atoms with Crippen molar-refractivity contribution in [3.05, 3.63) is 65.2 Å². The van der Waals surface area contributed by atoms with Gasteiger partial charge in [-0.25, -0.2) is 0 Å². The van der Waals surface area contributed by atoms with Crippen molar-refractivity contribution >= 4 is 11.6 Å². The fraction of sp³-hybridized carbons (Fsp3) is 0.222. The van der Waals surface area contributed by atoms with Gasteiger partial charge in [-0.2, -0.15) is 5.26 Å². The topological polar surface area (TPSA) is 44.1 Å². The Morgan fingerprint density at radius 1 is 1.14 bits per heavy atom. The summed E-state index contributed by atoms with van der Waals surface area (Å²) in [4.78, 5) is 14.4. The molecule has 0 radical (unpaired) electrons. The van der Waals surface area contributed by atoms with E-state index in [1.54, 1.807) is 17.0 Å². The summed E-state index contributed by atoms with van der Waals surface area (Å²) in [5, 5.41) is 8.68. The van der Waals surface area contributed by atoms with Crippen LogP contribution in [-0.4, -0.2) is 12.5 Å². The zero-order chi connectivity index (χ0) is 15.2. The standard InChI is InChI=1S/C18H18N2O/c1-3-20(17-7-5-4-6-14(17)2)18(21)16-10-8-15(9-11-16)12-13-19/h4-11H,3,12H2,1-2H3. The van der Waals surface area contributed by atoms with Crippen LogP contribution in [0.3, 0.4) is 0 Å². The molecule has 0 atom stereocenters. The predicted molar refractivity (Wildman–Crippen MR) is 84.3 cm³/mol. The Labute approximate surface area is 125 Å². The van der Waals surface area contributed by atoms with Gasteiger partial charge in [0.15, 0.2) is 0 Å². The van der Waals surface area contributed by atoms with Crippen LogP contribution in [0.15, 0.2) is 48.5 Å². The molecule has 2 rings (SSSR count). The number of nitrogens with zero attached hydrogens (tertiary/aromatic N) is 2. The molecule has 0 aliphatic rings. The molecule has 2 aromatic rings. The molecular formula is C18H18N2O. The number of amides is 1. The molecule has 0 heterocycles. The number of hydrogen-bond donors (Lipinski definition) is 0. The number of benzene rings is 2. The van der Waals surface area contributed by atoms with Crippen molar-refractivity contribution in [1.82, 2.24) is 0 Å². The molecule has 0 saturated carbocycles. The highest BCUT2D eigenvalue weighted by molar-refractivity contribution is 6.06. The van der Waals surface area contributed by atoms with Crippen molar-refractivity contribution in [3.63, 3.8) is 0 Å². The van der Waals surface area contributed by atoms with Crippen LogP contribution in [0.5, 0.6) is 0 Å². The third-order valence-corrected chi connectivity index (χ3v) is 3.45. The highest BCUT2D eigenvalue weighted by Crippen LogP contribution is 2.21. The first-order valence-corrected chi connectivity index (χ1v) is 7.00. The lowest BCUT2D eigenvalue weighted by Crippen LogP contribution is -2.31. The molecular weight excluding hydrogens is 260 g/mol. The molecule has 0 aliphatic heterocycles. The van der Waals surface area contributed by atoms with Gasteiger partial charge in [-0.15, -0.1) is 0 Å². The van der Waals surface area contributed by atoms with Gasteiger partial charge in [-0.05, 0) is 43.2 Å². The van der Waals surface area contributed by atoms with E-state index in [1.165, 1.54) is 0 Å². The van der Waals surface area contributed by atoms with Crippen LogP contribution in [0.4, 0.5) is 5.69 Å². The first-order valence-electron chi connectivity index (χ1n) is 7.00. The molecule has 0 unspecified atom stereocenters. The number of rotatable bonds is 4. The van der Waals surface area contributed by atoms with Gasteiger partial charge in [0.1, 0.15) is 0 Å². The quantitative estimate of drug-likeness (QED) is 0.855. The van der Waals surface area contributed by atoms with Crippen molar-refractivity contribution in [2.45, 2.75) is 20.3 Å². The molecule has 3 heteroatoms.